The Morgan fingerprint density at radius 3 is 2.24 bits per heavy atom. The van der Waals surface area contributed by atoms with Crippen LogP contribution in [0.3, 0.4) is 0 Å². The number of carbonyl (C=O) groups is 2. The molecule has 0 N–H and O–H groups in total. The van der Waals surface area contributed by atoms with Gasteiger partial charge in [0.15, 0.2) is 0 Å². The first-order valence-corrected chi connectivity index (χ1v) is 9.73. The number of carbonyl (C=O) groups excluding carboxylic acids is 2. The van der Waals surface area contributed by atoms with E-state index >= 15 is 0 Å². The molecule has 0 spiro atoms. The quantitative estimate of drug-likeness (QED) is 0.301. The molecule has 0 heterocycles. The number of ether oxygens (including phenoxy) is 2. The summed E-state index contributed by atoms with van der Waals surface area (Å²) in [5.74, 6) is -1.71. The van der Waals surface area contributed by atoms with Crippen LogP contribution in [0, 0.1) is 6.92 Å². The Morgan fingerprint density at radius 1 is 1.08 bits per heavy atom. The summed E-state index contributed by atoms with van der Waals surface area (Å²) in [6, 6.07) is 5.91. The van der Waals surface area contributed by atoms with Crippen LogP contribution in [0.25, 0.3) is 0 Å². The van der Waals surface area contributed by atoms with Crippen LogP contribution in [0.15, 0.2) is 34.3 Å². The van der Waals surface area contributed by atoms with E-state index in [-0.39, 0.29) is 23.9 Å². The van der Waals surface area contributed by atoms with E-state index in [0.29, 0.717) is 11.8 Å². The van der Waals surface area contributed by atoms with Crippen LogP contribution in [0.1, 0.15) is 19.4 Å². The Hall–Kier alpha value is -2.07. The van der Waals surface area contributed by atoms with Crippen molar-refractivity contribution in [3.8, 4) is 0 Å². The van der Waals surface area contributed by atoms with Gasteiger partial charge in [0.1, 0.15) is 4.90 Å². The van der Waals surface area contributed by atoms with Crippen LogP contribution in [-0.2, 0) is 33.5 Å². The maximum atomic E-state index is 12.1. The number of benzene rings is 1. The molecule has 1 aromatic carbocycles. The average molecular weight is 389 g/mol. The van der Waals surface area contributed by atoms with Crippen LogP contribution in [0.5, 0.6) is 0 Å². The first-order valence-electron chi connectivity index (χ1n) is 7.34. The highest BCUT2D eigenvalue weighted by atomic mass is 32.2. The molecule has 0 aliphatic heterocycles. The Balaban J connectivity index is 2.90. The molecule has 0 atom stereocenters. The predicted octanol–water partition coefficient (Wildman–Crippen LogP) is 1.87. The Bertz CT molecular complexity index is 727. The maximum absolute atomic E-state index is 12.1. The van der Waals surface area contributed by atoms with Gasteiger partial charge < -0.3 is 9.47 Å². The summed E-state index contributed by atoms with van der Waals surface area (Å²) in [5, 5.41) is 2.96. The lowest BCUT2D eigenvalue weighted by molar-refractivity contribution is -0.139. The summed E-state index contributed by atoms with van der Waals surface area (Å²) >= 11 is 0.667. The van der Waals surface area contributed by atoms with Crippen molar-refractivity contribution >= 4 is 38.9 Å². The molecule has 0 unspecified atom stereocenters. The highest BCUT2D eigenvalue weighted by Gasteiger charge is 2.21. The maximum Gasteiger partial charge on any atom is 0.367 e. The van der Waals surface area contributed by atoms with E-state index in [1.165, 1.54) is 12.1 Å². The zero-order valence-electron chi connectivity index (χ0n) is 14.1. The van der Waals surface area contributed by atoms with Gasteiger partial charge in [-0.2, -0.15) is 8.42 Å². The third-order valence-corrected chi connectivity index (χ3v) is 4.63. The van der Waals surface area contributed by atoms with Gasteiger partial charge in [0.05, 0.1) is 19.0 Å². The SMILES string of the molecule is CCOC(=O)CSC(=NOS(=O)(=O)c1ccc(C)cc1)C(=O)OCC. The number of esters is 2. The number of aryl methyl sites for hydroxylation is 1. The van der Waals surface area contributed by atoms with Crippen LogP contribution in [-0.4, -0.2) is 44.4 Å². The molecule has 0 amide bonds. The van der Waals surface area contributed by atoms with E-state index in [1.807, 2.05) is 0 Å². The predicted molar refractivity (Wildman–Crippen MR) is 92.6 cm³/mol. The smallest absolute Gasteiger partial charge is 0.367 e. The van der Waals surface area contributed by atoms with Crippen LogP contribution in [0.4, 0.5) is 0 Å². The molecular weight excluding hydrogens is 370 g/mol. The molecule has 0 aromatic heterocycles. The van der Waals surface area contributed by atoms with Gasteiger partial charge >= 0.3 is 22.1 Å². The molecule has 1 rings (SSSR count). The molecule has 0 saturated carbocycles. The van der Waals surface area contributed by atoms with E-state index in [2.05, 4.69) is 9.44 Å². The van der Waals surface area contributed by atoms with Crippen molar-refractivity contribution < 1.29 is 31.8 Å². The number of rotatable bonds is 7. The van der Waals surface area contributed by atoms with Crippen molar-refractivity contribution in [3.05, 3.63) is 29.8 Å². The number of thioether (sulfide) groups is 1. The molecule has 1 aromatic rings. The van der Waals surface area contributed by atoms with Crippen molar-refractivity contribution in [1.82, 2.24) is 0 Å². The van der Waals surface area contributed by atoms with Crippen LogP contribution < -0.4 is 0 Å². The fourth-order valence-electron chi connectivity index (χ4n) is 1.48. The molecule has 0 aliphatic rings. The summed E-state index contributed by atoms with van der Waals surface area (Å²) in [7, 11) is -4.19. The summed E-state index contributed by atoms with van der Waals surface area (Å²) in [6.07, 6.45) is 0. The molecule has 138 valence electrons. The minimum absolute atomic E-state index is 0.0581. The van der Waals surface area contributed by atoms with E-state index in [9.17, 15) is 18.0 Å². The van der Waals surface area contributed by atoms with Gasteiger partial charge in [-0.25, -0.2) is 4.79 Å². The van der Waals surface area contributed by atoms with Crippen molar-refractivity contribution in [1.29, 1.82) is 0 Å². The largest absolute Gasteiger partial charge is 0.465 e. The van der Waals surface area contributed by atoms with Gasteiger partial charge in [-0.15, -0.1) is 0 Å². The molecular formula is C15H19NO7S2. The van der Waals surface area contributed by atoms with Crippen LogP contribution in [0.2, 0.25) is 0 Å². The Kier molecular flexibility index (Phi) is 8.42. The normalized spacial score (nSPS) is 11.7. The summed E-state index contributed by atoms with van der Waals surface area (Å²) in [5.41, 5.74) is 0.875. The third-order valence-electron chi connectivity index (χ3n) is 2.61. The number of hydrogen-bond donors (Lipinski definition) is 0. The zero-order chi connectivity index (χ0) is 18.9. The lowest BCUT2D eigenvalue weighted by Crippen LogP contribution is -2.18. The van der Waals surface area contributed by atoms with Crippen molar-refractivity contribution in [3.63, 3.8) is 0 Å². The molecule has 25 heavy (non-hydrogen) atoms. The lowest BCUT2D eigenvalue weighted by atomic mass is 10.2. The van der Waals surface area contributed by atoms with Crippen molar-refractivity contribution in [2.24, 2.45) is 5.16 Å². The lowest BCUT2D eigenvalue weighted by Gasteiger charge is -2.06. The fourth-order valence-corrected chi connectivity index (χ4v) is 2.86. The number of hydrogen-bond acceptors (Lipinski definition) is 9. The van der Waals surface area contributed by atoms with E-state index in [0.717, 1.165) is 5.56 Å². The molecule has 0 fully saturated rings. The van der Waals surface area contributed by atoms with Crippen LogP contribution >= 0.6 is 11.8 Å². The van der Waals surface area contributed by atoms with E-state index in [4.69, 9.17) is 9.47 Å². The van der Waals surface area contributed by atoms with E-state index in [1.54, 1.807) is 32.9 Å². The summed E-state index contributed by atoms with van der Waals surface area (Å²) in [6.45, 7) is 5.27. The zero-order valence-corrected chi connectivity index (χ0v) is 15.7. The van der Waals surface area contributed by atoms with Crippen molar-refractivity contribution in [2.75, 3.05) is 19.0 Å². The standard InChI is InChI=1S/C15H19NO7S2/c1-4-21-13(17)10-24-14(15(18)22-5-2)16-23-25(19,20)12-8-6-11(3)7-9-12/h6-9H,4-5,10H2,1-3H3. The minimum atomic E-state index is -4.19. The number of nitrogens with zero attached hydrogens (tertiary/aromatic N) is 1. The molecule has 0 saturated heterocycles. The second kappa shape index (κ2) is 10.0. The first-order chi connectivity index (χ1) is 11.8. The second-order valence-corrected chi connectivity index (χ2v) is 7.05. The molecule has 0 aliphatic carbocycles. The van der Waals surface area contributed by atoms with Gasteiger partial charge in [0, 0.05) is 0 Å². The fraction of sp³-hybridized carbons (Fsp3) is 0.400. The highest BCUT2D eigenvalue weighted by molar-refractivity contribution is 8.16. The minimum Gasteiger partial charge on any atom is -0.465 e. The van der Waals surface area contributed by atoms with Crippen molar-refractivity contribution in [2.45, 2.75) is 25.7 Å². The highest BCUT2D eigenvalue weighted by Crippen LogP contribution is 2.15. The topological polar surface area (TPSA) is 108 Å². The third kappa shape index (κ3) is 7.14. The van der Waals surface area contributed by atoms with E-state index < -0.39 is 27.1 Å². The second-order valence-electron chi connectivity index (χ2n) is 4.55. The summed E-state index contributed by atoms with van der Waals surface area (Å²) in [4.78, 5) is 23.1. The van der Waals surface area contributed by atoms with Gasteiger partial charge in [-0.05, 0) is 32.9 Å². The van der Waals surface area contributed by atoms with Gasteiger partial charge in [-0.1, -0.05) is 34.6 Å². The molecule has 10 heteroatoms. The molecule has 0 radical (unpaired) electrons. The summed E-state index contributed by atoms with van der Waals surface area (Å²) < 4.78 is 38.2. The monoisotopic (exact) mass is 389 g/mol. The molecule has 0 bridgehead atoms. The Labute approximate surface area is 150 Å². The van der Waals surface area contributed by atoms with Gasteiger partial charge in [0.25, 0.3) is 0 Å². The number of oxime groups is 1. The van der Waals surface area contributed by atoms with Gasteiger partial charge in [0.2, 0.25) is 5.04 Å². The average Bonchev–Trinajstić information content (AvgIpc) is 2.55. The first kappa shape index (κ1) is 21.0. The Morgan fingerprint density at radius 2 is 1.68 bits per heavy atom. The van der Waals surface area contributed by atoms with Gasteiger partial charge in [-0.3, -0.25) is 9.08 Å². The molecule has 8 nitrogen and oxygen atoms in total.